The minimum Gasteiger partial charge on any atom is -0.372 e. The normalized spacial score (nSPS) is 25.9. The number of hydrogen-bond acceptors (Lipinski definition) is 3. The average Bonchev–Trinajstić information content (AvgIpc) is 3.43. The van der Waals surface area contributed by atoms with Gasteiger partial charge in [-0.3, -0.25) is 4.79 Å². The number of aryl methyl sites for hydroxylation is 1. The molecule has 156 valence electrons. The molecule has 0 radical (unpaired) electrons. The van der Waals surface area contributed by atoms with E-state index < -0.39 is 0 Å². The van der Waals surface area contributed by atoms with E-state index in [1.807, 2.05) is 0 Å². The van der Waals surface area contributed by atoms with Gasteiger partial charge < -0.3 is 4.90 Å². The highest BCUT2D eigenvalue weighted by Gasteiger charge is 2.44. The van der Waals surface area contributed by atoms with Crippen LogP contribution in [0.25, 0.3) is 16.8 Å². The first-order valence-corrected chi connectivity index (χ1v) is 11.7. The van der Waals surface area contributed by atoms with Crippen LogP contribution in [-0.2, 0) is 11.2 Å². The lowest BCUT2D eigenvalue weighted by atomic mass is 9.72. The van der Waals surface area contributed by atoms with Crippen LogP contribution in [0.15, 0.2) is 42.5 Å². The van der Waals surface area contributed by atoms with Crippen molar-refractivity contribution in [2.24, 2.45) is 11.3 Å². The summed E-state index contributed by atoms with van der Waals surface area (Å²) in [6.07, 6.45) is 9.90. The molecule has 30 heavy (non-hydrogen) atoms. The molecule has 0 N–H and O–H groups in total. The zero-order chi connectivity index (χ0) is 20.7. The number of pyridine rings is 1. The number of Topliss-reactive ketones (excluding diaryl/α,β-unsaturated/α-hetero) is 1. The molecule has 1 aromatic heterocycles. The van der Waals surface area contributed by atoms with Gasteiger partial charge in [0.05, 0.1) is 11.4 Å². The number of nitrogens with zero attached hydrogens (tertiary/aromatic N) is 2. The molecule has 2 aliphatic carbocycles. The Kier molecular flexibility index (Phi) is 5.00. The molecule has 2 aromatic rings. The first kappa shape index (κ1) is 19.5. The van der Waals surface area contributed by atoms with Crippen LogP contribution in [0.5, 0.6) is 0 Å². The fourth-order valence-corrected chi connectivity index (χ4v) is 5.58. The van der Waals surface area contributed by atoms with Crippen molar-refractivity contribution in [1.29, 1.82) is 0 Å². The maximum absolute atomic E-state index is 13.7. The highest BCUT2D eigenvalue weighted by molar-refractivity contribution is 6.23. The highest BCUT2D eigenvalue weighted by Crippen LogP contribution is 2.47. The number of anilines is 1. The molecular formula is C27H32N2O. The Morgan fingerprint density at radius 1 is 1.13 bits per heavy atom. The van der Waals surface area contributed by atoms with Crippen molar-refractivity contribution in [3.05, 3.63) is 53.7 Å². The Labute approximate surface area is 180 Å². The summed E-state index contributed by atoms with van der Waals surface area (Å²) in [4.78, 5) is 21.2. The molecule has 2 fully saturated rings. The third kappa shape index (κ3) is 3.29. The van der Waals surface area contributed by atoms with Gasteiger partial charge in [0.25, 0.3) is 0 Å². The van der Waals surface area contributed by atoms with Gasteiger partial charge in [-0.15, -0.1) is 0 Å². The van der Waals surface area contributed by atoms with Crippen molar-refractivity contribution >= 4 is 17.0 Å². The van der Waals surface area contributed by atoms with Crippen molar-refractivity contribution < 1.29 is 4.79 Å². The fourth-order valence-electron chi connectivity index (χ4n) is 5.58. The maximum atomic E-state index is 13.7. The molecular weight excluding hydrogens is 368 g/mol. The van der Waals surface area contributed by atoms with E-state index in [1.165, 1.54) is 24.1 Å². The summed E-state index contributed by atoms with van der Waals surface area (Å²) in [6.45, 7) is 6.69. The van der Waals surface area contributed by atoms with E-state index in [9.17, 15) is 4.79 Å². The molecule has 1 aliphatic heterocycles. The van der Waals surface area contributed by atoms with E-state index in [0.29, 0.717) is 11.7 Å². The van der Waals surface area contributed by atoms with E-state index in [2.05, 4.69) is 61.2 Å². The molecule has 2 unspecified atom stereocenters. The van der Waals surface area contributed by atoms with Crippen LogP contribution in [0.3, 0.4) is 0 Å². The summed E-state index contributed by atoms with van der Waals surface area (Å²) in [5.41, 5.74) is 6.16. The van der Waals surface area contributed by atoms with E-state index >= 15 is 0 Å². The number of aromatic nitrogens is 1. The second kappa shape index (κ2) is 7.68. The van der Waals surface area contributed by atoms with Crippen molar-refractivity contribution in [1.82, 2.24) is 4.98 Å². The summed E-state index contributed by atoms with van der Waals surface area (Å²) in [7, 11) is 0. The van der Waals surface area contributed by atoms with Crippen LogP contribution in [0.4, 0.5) is 5.69 Å². The lowest BCUT2D eigenvalue weighted by molar-refractivity contribution is -0.123. The number of rotatable bonds is 4. The molecule has 2 heterocycles. The first-order valence-electron chi connectivity index (χ1n) is 11.7. The van der Waals surface area contributed by atoms with Crippen molar-refractivity contribution in [3.63, 3.8) is 0 Å². The van der Waals surface area contributed by atoms with E-state index in [1.54, 1.807) is 0 Å². The van der Waals surface area contributed by atoms with E-state index in [0.717, 1.165) is 67.7 Å². The van der Waals surface area contributed by atoms with Crippen molar-refractivity contribution in [2.45, 2.75) is 58.8 Å². The molecule has 1 aromatic carbocycles. The van der Waals surface area contributed by atoms with Gasteiger partial charge in [-0.25, -0.2) is 4.98 Å². The predicted octanol–water partition coefficient (Wildman–Crippen LogP) is 6.07. The minimum atomic E-state index is -0.242. The Morgan fingerprint density at radius 3 is 2.73 bits per heavy atom. The third-order valence-corrected chi connectivity index (χ3v) is 7.79. The maximum Gasteiger partial charge on any atom is 0.170 e. The molecule has 0 spiro atoms. The number of allylic oxidation sites excluding steroid dienone is 2. The average molecular weight is 401 g/mol. The molecule has 1 saturated carbocycles. The molecule has 3 aliphatic rings. The largest absolute Gasteiger partial charge is 0.372 e. The topological polar surface area (TPSA) is 33.2 Å². The second-order valence-corrected chi connectivity index (χ2v) is 9.65. The monoisotopic (exact) mass is 400 g/mol. The molecule has 5 rings (SSSR count). The van der Waals surface area contributed by atoms with Gasteiger partial charge in [-0.1, -0.05) is 44.5 Å². The van der Waals surface area contributed by atoms with Gasteiger partial charge in [-0.2, -0.15) is 0 Å². The molecule has 0 amide bonds. The SMILES string of the molecule is CC1CCCC1(C)C(=O)C1=CCCc2ccc(-c3cccc(N4CCCC4)c3)nc21. The molecule has 0 bridgehead atoms. The van der Waals surface area contributed by atoms with Crippen LogP contribution in [-0.4, -0.2) is 23.9 Å². The summed E-state index contributed by atoms with van der Waals surface area (Å²) >= 11 is 0. The Hall–Kier alpha value is -2.42. The standard InChI is InChI=1S/C27H32N2O/c1-19-8-7-15-27(19,2)26(30)23-12-6-9-20-13-14-24(28-25(20)23)21-10-5-11-22(18-21)29-16-3-4-17-29/h5,10-14,18-19H,3-4,6-9,15-17H2,1-2H3. The number of benzene rings is 1. The number of fused-ring (bicyclic) bond motifs is 1. The van der Waals surface area contributed by atoms with Gasteiger partial charge >= 0.3 is 0 Å². The van der Waals surface area contributed by atoms with Gasteiger partial charge in [-0.05, 0) is 68.2 Å². The number of hydrogen-bond donors (Lipinski definition) is 0. The van der Waals surface area contributed by atoms with Gasteiger partial charge in [0.1, 0.15) is 0 Å². The Morgan fingerprint density at radius 2 is 1.97 bits per heavy atom. The van der Waals surface area contributed by atoms with Crippen LogP contribution in [0, 0.1) is 11.3 Å². The minimum absolute atomic E-state index is 0.242. The number of carbonyl (C=O) groups is 1. The van der Waals surface area contributed by atoms with E-state index in [4.69, 9.17) is 4.98 Å². The van der Waals surface area contributed by atoms with Crippen LogP contribution in [0.2, 0.25) is 0 Å². The Balaban J connectivity index is 1.50. The third-order valence-electron chi connectivity index (χ3n) is 7.79. The lowest BCUT2D eigenvalue weighted by Crippen LogP contribution is -2.32. The van der Waals surface area contributed by atoms with Gasteiger partial charge in [0.15, 0.2) is 5.78 Å². The van der Waals surface area contributed by atoms with Gasteiger partial charge in [0, 0.05) is 35.3 Å². The van der Waals surface area contributed by atoms with Crippen molar-refractivity contribution in [3.8, 4) is 11.3 Å². The zero-order valence-electron chi connectivity index (χ0n) is 18.3. The van der Waals surface area contributed by atoms with Crippen LogP contribution in [0.1, 0.15) is 63.6 Å². The second-order valence-electron chi connectivity index (χ2n) is 9.65. The Bertz CT molecular complexity index is 1000. The highest BCUT2D eigenvalue weighted by atomic mass is 16.1. The summed E-state index contributed by atoms with van der Waals surface area (Å²) < 4.78 is 0. The van der Waals surface area contributed by atoms with Crippen LogP contribution >= 0.6 is 0 Å². The summed E-state index contributed by atoms with van der Waals surface area (Å²) in [6, 6.07) is 13.1. The smallest absolute Gasteiger partial charge is 0.170 e. The summed E-state index contributed by atoms with van der Waals surface area (Å²) in [5, 5.41) is 0. The number of ketones is 1. The number of carbonyl (C=O) groups excluding carboxylic acids is 1. The molecule has 1 saturated heterocycles. The van der Waals surface area contributed by atoms with Gasteiger partial charge in [0.2, 0.25) is 0 Å². The van der Waals surface area contributed by atoms with E-state index in [-0.39, 0.29) is 5.41 Å². The molecule has 3 heteroatoms. The first-order chi connectivity index (χ1) is 14.6. The summed E-state index contributed by atoms with van der Waals surface area (Å²) in [5.74, 6) is 0.750. The zero-order valence-corrected chi connectivity index (χ0v) is 18.3. The quantitative estimate of drug-likeness (QED) is 0.624. The van der Waals surface area contributed by atoms with Crippen molar-refractivity contribution in [2.75, 3.05) is 18.0 Å². The van der Waals surface area contributed by atoms with Crippen LogP contribution < -0.4 is 4.90 Å². The lowest BCUT2D eigenvalue weighted by Gasteiger charge is -2.30. The molecule has 3 nitrogen and oxygen atoms in total. The predicted molar refractivity (Wildman–Crippen MR) is 124 cm³/mol. The molecule has 2 atom stereocenters. The fraction of sp³-hybridized carbons (Fsp3) is 0.481.